The van der Waals surface area contributed by atoms with Crippen molar-refractivity contribution in [2.75, 3.05) is 4.90 Å². The first-order valence-corrected chi connectivity index (χ1v) is 10.4. The Labute approximate surface area is 177 Å². The van der Waals surface area contributed by atoms with Gasteiger partial charge in [-0.2, -0.15) is 5.26 Å². The minimum Gasteiger partial charge on any atom is -0.384 e. The van der Waals surface area contributed by atoms with Crippen molar-refractivity contribution in [3.05, 3.63) is 78.4 Å². The topological polar surface area (TPSA) is 113 Å². The predicted octanol–water partition coefficient (Wildman–Crippen LogP) is 4.58. The molecule has 0 spiro atoms. The molecule has 0 bridgehead atoms. The molecule has 0 saturated heterocycles. The zero-order chi connectivity index (χ0) is 21.6. The monoisotopic (exact) mass is 420 g/mol. The molecule has 2 aromatic rings. The summed E-state index contributed by atoms with van der Waals surface area (Å²) in [6.45, 7) is 3.96. The third-order valence-corrected chi connectivity index (χ3v) is 6.60. The molecule has 1 aromatic carbocycles. The van der Waals surface area contributed by atoms with Crippen LogP contribution in [0.3, 0.4) is 0 Å². The van der Waals surface area contributed by atoms with E-state index in [1.165, 1.54) is 6.07 Å². The number of carbonyl (C=O) groups is 1. The second kappa shape index (κ2) is 7.43. The Morgan fingerprint density at radius 3 is 2.67 bits per heavy atom. The van der Waals surface area contributed by atoms with Crippen LogP contribution in [0.1, 0.15) is 40.5 Å². The van der Waals surface area contributed by atoms with Gasteiger partial charge in [0.15, 0.2) is 5.78 Å². The van der Waals surface area contributed by atoms with E-state index in [1.54, 1.807) is 34.4 Å². The predicted molar refractivity (Wildman–Crippen MR) is 115 cm³/mol. The molecule has 2 N–H and O–H groups in total. The highest BCUT2D eigenvalue weighted by atomic mass is 32.1. The lowest BCUT2D eigenvalue weighted by atomic mass is 9.75. The van der Waals surface area contributed by atoms with Gasteiger partial charge < -0.3 is 5.73 Å². The zero-order valence-electron chi connectivity index (χ0n) is 16.6. The van der Waals surface area contributed by atoms with E-state index in [9.17, 15) is 20.2 Å². The molecular weight excluding hydrogens is 400 g/mol. The summed E-state index contributed by atoms with van der Waals surface area (Å²) in [6.07, 6.45) is 1.59. The van der Waals surface area contributed by atoms with Crippen molar-refractivity contribution in [3.8, 4) is 6.07 Å². The molecule has 0 saturated carbocycles. The van der Waals surface area contributed by atoms with E-state index in [4.69, 9.17) is 5.73 Å². The Bertz CT molecular complexity index is 1190. The molecule has 8 heteroatoms. The first-order chi connectivity index (χ1) is 14.3. The molecule has 4 rings (SSSR count). The van der Waals surface area contributed by atoms with Gasteiger partial charge in [-0.1, -0.05) is 12.1 Å². The Balaban J connectivity index is 2.03. The maximum Gasteiger partial charge on any atom is 0.293 e. The molecule has 1 aliphatic heterocycles. The average molecular weight is 420 g/mol. The normalized spacial score (nSPS) is 19.0. The number of hydrogen-bond donors (Lipinski definition) is 1. The van der Waals surface area contributed by atoms with Crippen LogP contribution in [0, 0.1) is 35.3 Å². The van der Waals surface area contributed by atoms with Gasteiger partial charge in [-0.15, -0.1) is 11.3 Å². The molecule has 30 heavy (non-hydrogen) atoms. The smallest absolute Gasteiger partial charge is 0.293 e. The number of rotatable bonds is 3. The fourth-order valence-electron chi connectivity index (χ4n) is 4.42. The van der Waals surface area contributed by atoms with Crippen molar-refractivity contribution in [1.82, 2.24) is 0 Å². The zero-order valence-corrected chi connectivity index (χ0v) is 17.5. The maximum atomic E-state index is 13.1. The van der Waals surface area contributed by atoms with Gasteiger partial charge in [-0.05, 0) is 44.4 Å². The first kappa shape index (κ1) is 19.9. The minimum absolute atomic E-state index is 0.0339. The van der Waals surface area contributed by atoms with Crippen molar-refractivity contribution >= 4 is 28.5 Å². The largest absolute Gasteiger partial charge is 0.384 e. The van der Waals surface area contributed by atoms with Crippen molar-refractivity contribution < 1.29 is 9.72 Å². The van der Waals surface area contributed by atoms with E-state index in [-0.39, 0.29) is 28.6 Å². The van der Waals surface area contributed by atoms with Crippen LogP contribution < -0.4 is 10.6 Å². The molecule has 152 valence electrons. The van der Waals surface area contributed by atoms with Crippen LogP contribution in [0.15, 0.2) is 53.0 Å². The number of benzene rings is 1. The van der Waals surface area contributed by atoms with Crippen LogP contribution in [-0.4, -0.2) is 10.7 Å². The highest BCUT2D eigenvalue weighted by Gasteiger charge is 2.42. The highest BCUT2D eigenvalue weighted by Crippen LogP contribution is 2.49. The summed E-state index contributed by atoms with van der Waals surface area (Å²) in [5.74, 6) is -0.427. The quantitative estimate of drug-likeness (QED) is 0.574. The SMILES string of the molecule is Cc1cc([C@@H]2C(C#N)=C(N)N(c3ccccc3[N+](=O)[O-])C3=C2C(=O)CCC3)c(C)s1. The molecule has 1 aliphatic carbocycles. The summed E-state index contributed by atoms with van der Waals surface area (Å²) in [5.41, 5.74) is 8.99. The molecule has 1 atom stereocenters. The number of nitriles is 1. The number of nitrogens with two attached hydrogens (primary N) is 1. The van der Waals surface area contributed by atoms with E-state index in [0.29, 0.717) is 30.5 Å². The molecule has 7 nitrogen and oxygen atoms in total. The number of aryl methyl sites for hydroxylation is 2. The number of hydrogen-bond acceptors (Lipinski definition) is 7. The number of carbonyl (C=O) groups excluding carboxylic acids is 1. The molecule has 2 aliphatic rings. The van der Waals surface area contributed by atoms with E-state index in [0.717, 1.165) is 15.3 Å². The van der Waals surface area contributed by atoms with Crippen LogP contribution in [-0.2, 0) is 4.79 Å². The Morgan fingerprint density at radius 2 is 2.03 bits per heavy atom. The molecule has 0 fully saturated rings. The molecular formula is C22H20N4O3S. The molecule has 0 amide bonds. The van der Waals surface area contributed by atoms with Crippen LogP contribution in [0.4, 0.5) is 11.4 Å². The third kappa shape index (κ3) is 2.99. The number of nitro groups is 1. The molecule has 2 heterocycles. The Kier molecular flexibility index (Phi) is 4.92. The van der Waals surface area contributed by atoms with Crippen LogP contribution >= 0.6 is 11.3 Å². The van der Waals surface area contributed by atoms with Gasteiger partial charge in [0.05, 0.1) is 22.5 Å². The summed E-state index contributed by atoms with van der Waals surface area (Å²) in [6, 6.07) is 10.5. The van der Waals surface area contributed by atoms with Gasteiger partial charge in [-0.25, -0.2) is 0 Å². The van der Waals surface area contributed by atoms with E-state index < -0.39 is 10.8 Å². The van der Waals surface area contributed by atoms with Gasteiger partial charge >= 0.3 is 0 Å². The fraction of sp³-hybridized carbons (Fsp3) is 0.273. The molecule has 1 aromatic heterocycles. The molecule has 0 radical (unpaired) electrons. The lowest BCUT2D eigenvalue weighted by molar-refractivity contribution is -0.384. The number of ketones is 1. The second-order valence-electron chi connectivity index (χ2n) is 7.43. The second-order valence-corrected chi connectivity index (χ2v) is 8.89. The van der Waals surface area contributed by atoms with E-state index in [2.05, 4.69) is 6.07 Å². The van der Waals surface area contributed by atoms with Gasteiger partial charge in [0.2, 0.25) is 0 Å². The van der Waals surface area contributed by atoms with Crippen LogP contribution in [0.2, 0.25) is 0 Å². The van der Waals surface area contributed by atoms with Crippen molar-refractivity contribution in [1.29, 1.82) is 5.26 Å². The summed E-state index contributed by atoms with van der Waals surface area (Å²) in [4.78, 5) is 28.0. The van der Waals surface area contributed by atoms with Crippen molar-refractivity contribution in [3.63, 3.8) is 0 Å². The number of thiophene rings is 1. The summed E-state index contributed by atoms with van der Waals surface area (Å²) >= 11 is 1.61. The summed E-state index contributed by atoms with van der Waals surface area (Å²) < 4.78 is 0. The van der Waals surface area contributed by atoms with Crippen molar-refractivity contribution in [2.45, 2.75) is 39.0 Å². The average Bonchev–Trinajstić information content (AvgIpc) is 3.05. The third-order valence-electron chi connectivity index (χ3n) is 5.62. The maximum absolute atomic E-state index is 13.1. The number of allylic oxidation sites excluding steroid dienone is 3. The summed E-state index contributed by atoms with van der Waals surface area (Å²) in [5, 5.41) is 21.7. The lowest BCUT2D eigenvalue weighted by Gasteiger charge is -2.39. The van der Waals surface area contributed by atoms with E-state index >= 15 is 0 Å². The summed E-state index contributed by atoms with van der Waals surface area (Å²) in [7, 11) is 0. The van der Waals surface area contributed by atoms with Crippen LogP contribution in [0.25, 0.3) is 0 Å². The number of para-hydroxylation sites is 2. The number of nitro benzene ring substituents is 1. The van der Waals surface area contributed by atoms with Gasteiger partial charge in [0, 0.05) is 33.5 Å². The highest BCUT2D eigenvalue weighted by molar-refractivity contribution is 7.12. The molecule has 0 unspecified atom stereocenters. The first-order valence-electron chi connectivity index (χ1n) is 9.61. The minimum atomic E-state index is -0.540. The van der Waals surface area contributed by atoms with E-state index in [1.807, 2.05) is 19.9 Å². The van der Waals surface area contributed by atoms with Gasteiger partial charge in [-0.3, -0.25) is 19.8 Å². The fourth-order valence-corrected chi connectivity index (χ4v) is 5.38. The van der Waals surface area contributed by atoms with Gasteiger partial charge in [0.1, 0.15) is 11.5 Å². The Hall–Kier alpha value is -3.44. The number of Topliss-reactive ketones (excluding diaryl/α,β-unsaturated/α-hetero) is 1. The van der Waals surface area contributed by atoms with Gasteiger partial charge in [0.25, 0.3) is 5.69 Å². The Morgan fingerprint density at radius 1 is 1.30 bits per heavy atom. The number of anilines is 1. The lowest BCUT2D eigenvalue weighted by Crippen LogP contribution is -2.39. The standard InChI is InChI=1S/C22H20N4O3S/c1-12-10-14(13(2)30-12)20-15(11-23)22(24)25(18-8-5-9-19(27)21(18)20)16-6-3-4-7-17(16)26(28)29/h3-4,6-7,10,20H,5,8-9,24H2,1-2H3/t20-/m1/s1. The van der Waals surface area contributed by atoms with Crippen LogP contribution in [0.5, 0.6) is 0 Å². The van der Waals surface area contributed by atoms with Crippen molar-refractivity contribution in [2.24, 2.45) is 5.73 Å². The number of nitrogens with zero attached hydrogens (tertiary/aromatic N) is 3.